The van der Waals surface area contributed by atoms with Gasteiger partial charge < -0.3 is 10.0 Å². The number of aromatic nitrogens is 2. The maximum atomic E-state index is 11.2. The second kappa shape index (κ2) is 11.8. The minimum atomic E-state index is -0.664. The zero-order chi connectivity index (χ0) is 25.7. The fourth-order valence-corrected chi connectivity index (χ4v) is 5.94. The number of benzene rings is 2. The third-order valence-electron chi connectivity index (χ3n) is 7.02. The number of piperidine rings is 1. The van der Waals surface area contributed by atoms with Crippen LogP contribution in [0.25, 0.3) is 21.1 Å². The van der Waals surface area contributed by atoms with Gasteiger partial charge in [0.05, 0.1) is 17.6 Å². The molecule has 7 heteroatoms. The van der Waals surface area contributed by atoms with Crippen molar-refractivity contribution in [1.29, 1.82) is 5.26 Å². The number of carbonyl (C=O) groups is 1. The summed E-state index contributed by atoms with van der Waals surface area (Å²) in [6, 6.07) is 14.8. The highest BCUT2D eigenvalue weighted by atomic mass is 32.1. The Labute approximate surface area is 217 Å². The van der Waals surface area contributed by atoms with Gasteiger partial charge in [-0.2, -0.15) is 5.26 Å². The van der Waals surface area contributed by atoms with Gasteiger partial charge in [0.2, 0.25) is 0 Å². The predicted molar refractivity (Wildman–Crippen MR) is 144 cm³/mol. The van der Waals surface area contributed by atoms with E-state index in [4.69, 9.17) is 0 Å². The van der Waals surface area contributed by atoms with Crippen LogP contribution in [0, 0.1) is 23.2 Å². The molecule has 0 spiro atoms. The van der Waals surface area contributed by atoms with Crippen LogP contribution in [0.5, 0.6) is 0 Å². The molecular weight excluding hydrogens is 468 g/mol. The van der Waals surface area contributed by atoms with Gasteiger partial charge in [0.1, 0.15) is 10.0 Å². The molecule has 1 aliphatic heterocycles. The number of likely N-dealkylation sites (tertiary alicyclic amines) is 1. The first-order valence-electron chi connectivity index (χ1n) is 12.8. The summed E-state index contributed by atoms with van der Waals surface area (Å²) in [5.41, 5.74) is 6.46. The normalized spacial score (nSPS) is 14.8. The van der Waals surface area contributed by atoms with Gasteiger partial charge in [-0.05, 0) is 73.9 Å². The first-order valence-corrected chi connectivity index (χ1v) is 13.6. The molecule has 2 aromatic carbocycles. The predicted octanol–water partition coefficient (Wildman–Crippen LogP) is 5.84. The van der Waals surface area contributed by atoms with Crippen molar-refractivity contribution in [3.05, 3.63) is 58.7 Å². The number of aliphatic carboxylic acids is 1. The molecule has 1 saturated heterocycles. The molecule has 0 saturated carbocycles. The SMILES string of the molecule is CCc1c(CCN2CCC(C(=O)O)CC2)cccc1-c1nnc(-c2ccc(CC(C)C)c(C#N)c2)s1. The van der Waals surface area contributed by atoms with Crippen molar-refractivity contribution in [2.24, 2.45) is 11.8 Å². The highest BCUT2D eigenvalue weighted by Crippen LogP contribution is 2.34. The lowest BCUT2D eigenvalue weighted by Crippen LogP contribution is -2.37. The Morgan fingerprint density at radius 2 is 1.92 bits per heavy atom. The second-order valence-corrected chi connectivity index (χ2v) is 11.0. The molecule has 0 bridgehead atoms. The van der Waals surface area contributed by atoms with E-state index in [0.29, 0.717) is 11.5 Å². The average Bonchev–Trinajstić information content (AvgIpc) is 3.37. The molecule has 2 heterocycles. The van der Waals surface area contributed by atoms with E-state index >= 15 is 0 Å². The fraction of sp³-hybridized carbons (Fsp3) is 0.448. The monoisotopic (exact) mass is 502 g/mol. The van der Waals surface area contributed by atoms with E-state index < -0.39 is 5.97 Å². The van der Waals surface area contributed by atoms with Gasteiger partial charge in [-0.1, -0.05) is 62.4 Å². The van der Waals surface area contributed by atoms with Gasteiger partial charge >= 0.3 is 5.97 Å². The van der Waals surface area contributed by atoms with Crippen LogP contribution in [0.1, 0.15) is 55.9 Å². The van der Waals surface area contributed by atoms with Gasteiger partial charge in [-0.15, -0.1) is 10.2 Å². The molecule has 0 unspecified atom stereocenters. The van der Waals surface area contributed by atoms with Gasteiger partial charge in [-0.3, -0.25) is 4.79 Å². The number of nitrogens with zero attached hydrogens (tertiary/aromatic N) is 4. The molecule has 36 heavy (non-hydrogen) atoms. The smallest absolute Gasteiger partial charge is 0.306 e. The van der Waals surface area contributed by atoms with Crippen LogP contribution in [-0.2, 0) is 24.1 Å². The van der Waals surface area contributed by atoms with E-state index in [-0.39, 0.29) is 5.92 Å². The third-order valence-corrected chi connectivity index (χ3v) is 8.03. The maximum Gasteiger partial charge on any atom is 0.306 e. The van der Waals surface area contributed by atoms with Crippen LogP contribution in [0.2, 0.25) is 0 Å². The summed E-state index contributed by atoms with van der Waals surface area (Å²) in [5.74, 6) is -0.368. The Hall–Kier alpha value is -3.08. The highest BCUT2D eigenvalue weighted by Gasteiger charge is 2.24. The number of carboxylic acids is 1. The first kappa shape index (κ1) is 26.0. The first-order chi connectivity index (χ1) is 17.4. The van der Waals surface area contributed by atoms with E-state index in [1.165, 1.54) is 11.1 Å². The van der Waals surface area contributed by atoms with E-state index in [9.17, 15) is 15.2 Å². The van der Waals surface area contributed by atoms with Crippen LogP contribution in [0.15, 0.2) is 36.4 Å². The van der Waals surface area contributed by atoms with Crippen molar-refractivity contribution in [2.75, 3.05) is 19.6 Å². The Bertz CT molecular complexity index is 1250. The van der Waals surface area contributed by atoms with E-state index in [1.807, 2.05) is 18.2 Å². The van der Waals surface area contributed by atoms with Crippen LogP contribution >= 0.6 is 11.3 Å². The molecule has 0 radical (unpaired) electrons. The molecule has 3 aromatic rings. The van der Waals surface area contributed by atoms with Crippen LogP contribution < -0.4 is 0 Å². The van der Waals surface area contributed by atoms with Crippen LogP contribution in [0.3, 0.4) is 0 Å². The van der Waals surface area contributed by atoms with Gasteiger partial charge in [0.15, 0.2) is 0 Å². The van der Waals surface area contributed by atoms with Crippen molar-refractivity contribution in [1.82, 2.24) is 15.1 Å². The van der Waals surface area contributed by atoms with Crippen molar-refractivity contribution in [3.63, 3.8) is 0 Å². The molecule has 1 N–H and O–H groups in total. The average molecular weight is 503 g/mol. The lowest BCUT2D eigenvalue weighted by Gasteiger charge is -2.30. The quantitative estimate of drug-likeness (QED) is 0.395. The van der Waals surface area contributed by atoms with Crippen LogP contribution in [-0.4, -0.2) is 45.8 Å². The lowest BCUT2D eigenvalue weighted by molar-refractivity contribution is -0.143. The summed E-state index contributed by atoms with van der Waals surface area (Å²) in [7, 11) is 0. The Kier molecular flexibility index (Phi) is 8.50. The molecule has 1 aliphatic rings. The van der Waals surface area contributed by atoms with Crippen molar-refractivity contribution >= 4 is 17.3 Å². The van der Waals surface area contributed by atoms with Crippen molar-refractivity contribution in [2.45, 2.75) is 52.9 Å². The van der Waals surface area contributed by atoms with Crippen molar-refractivity contribution in [3.8, 4) is 27.2 Å². The molecule has 4 rings (SSSR count). The minimum Gasteiger partial charge on any atom is -0.481 e. The topological polar surface area (TPSA) is 90.1 Å². The summed E-state index contributed by atoms with van der Waals surface area (Å²) in [6.07, 6.45) is 4.19. The van der Waals surface area contributed by atoms with E-state index in [0.717, 1.165) is 78.4 Å². The lowest BCUT2D eigenvalue weighted by atomic mass is 9.95. The Balaban J connectivity index is 1.51. The summed E-state index contributed by atoms with van der Waals surface area (Å²) in [5, 5.41) is 29.6. The highest BCUT2D eigenvalue weighted by molar-refractivity contribution is 7.17. The minimum absolute atomic E-state index is 0.196. The van der Waals surface area contributed by atoms with Gasteiger partial charge in [-0.25, -0.2) is 0 Å². The molecule has 0 amide bonds. The Morgan fingerprint density at radius 1 is 1.17 bits per heavy atom. The standard InChI is InChI=1S/C29H34N4O2S/c1-4-25-20(10-13-33-14-11-21(12-15-33)29(34)35)6-5-7-26(25)28-32-31-27(36-28)23-9-8-22(16-19(2)3)24(17-23)18-30/h5-9,17,19,21H,4,10-16H2,1-3H3,(H,34,35). The fourth-order valence-electron chi connectivity index (χ4n) is 5.05. The molecule has 1 aromatic heterocycles. The molecule has 0 atom stereocenters. The molecule has 188 valence electrons. The molecule has 0 aliphatic carbocycles. The summed E-state index contributed by atoms with van der Waals surface area (Å²) in [6.45, 7) is 9.12. The van der Waals surface area contributed by atoms with E-state index in [2.05, 4.69) is 60.1 Å². The van der Waals surface area contributed by atoms with E-state index in [1.54, 1.807) is 11.3 Å². The maximum absolute atomic E-state index is 11.2. The zero-order valence-electron chi connectivity index (χ0n) is 21.3. The zero-order valence-corrected chi connectivity index (χ0v) is 22.1. The summed E-state index contributed by atoms with van der Waals surface area (Å²) in [4.78, 5) is 13.6. The summed E-state index contributed by atoms with van der Waals surface area (Å²) < 4.78 is 0. The number of hydrogen-bond acceptors (Lipinski definition) is 6. The number of rotatable bonds is 9. The summed E-state index contributed by atoms with van der Waals surface area (Å²) >= 11 is 1.57. The number of carboxylic acid groups (broad SMARTS) is 1. The third kappa shape index (κ3) is 6.00. The Morgan fingerprint density at radius 3 is 2.58 bits per heavy atom. The number of nitriles is 1. The van der Waals surface area contributed by atoms with Crippen molar-refractivity contribution < 1.29 is 9.90 Å². The number of hydrogen-bond donors (Lipinski definition) is 1. The van der Waals surface area contributed by atoms with Gasteiger partial charge in [0, 0.05) is 17.7 Å². The van der Waals surface area contributed by atoms with Gasteiger partial charge in [0.25, 0.3) is 0 Å². The largest absolute Gasteiger partial charge is 0.481 e. The second-order valence-electron chi connectivity index (χ2n) is 10.00. The molecular formula is C29H34N4O2S. The molecule has 1 fully saturated rings. The molecule has 6 nitrogen and oxygen atoms in total. The van der Waals surface area contributed by atoms with Crippen LogP contribution in [0.4, 0.5) is 0 Å².